The molecule has 0 saturated heterocycles. The minimum Gasteiger partial charge on any atom is -0.463 e. The van der Waals surface area contributed by atoms with Gasteiger partial charge in [0.15, 0.2) is 0 Å². The normalized spacial score (nSPS) is 21.5. The number of ether oxygens (including phenoxy) is 1. The van der Waals surface area contributed by atoms with Crippen molar-refractivity contribution >= 4 is 16.0 Å². The summed E-state index contributed by atoms with van der Waals surface area (Å²) in [5, 5.41) is 0. The molecule has 1 atom stereocenters. The molecule has 3 rings (SSSR count). The Hall–Kier alpha value is -1.82. The lowest BCUT2D eigenvalue weighted by Crippen LogP contribution is -2.39. The van der Waals surface area contributed by atoms with E-state index in [1.54, 1.807) is 31.2 Å². The first kappa shape index (κ1) is 19.0. The number of carbonyl (C=O) groups is 1. The Labute approximate surface area is 156 Å². The van der Waals surface area contributed by atoms with E-state index in [9.17, 15) is 13.2 Å². The van der Waals surface area contributed by atoms with Crippen LogP contribution in [0.1, 0.15) is 51.0 Å². The molecule has 0 aromatic heterocycles. The fourth-order valence-corrected chi connectivity index (χ4v) is 5.54. The quantitative estimate of drug-likeness (QED) is 0.733. The summed E-state index contributed by atoms with van der Waals surface area (Å²) in [6.07, 6.45) is 7.40. The summed E-state index contributed by atoms with van der Waals surface area (Å²) < 4.78 is 33.1. The van der Waals surface area contributed by atoms with Crippen molar-refractivity contribution in [3.63, 3.8) is 0 Å². The second kappa shape index (κ2) is 7.82. The molecule has 1 aromatic rings. The molecule has 0 bridgehead atoms. The van der Waals surface area contributed by atoms with Gasteiger partial charge in [-0.15, -0.1) is 0 Å². The molecule has 0 spiro atoms. The molecule has 2 aliphatic rings. The number of carbonyl (C=O) groups excluding carboxylic acids is 1. The van der Waals surface area contributed by atoms with Gasteiger partial charge < -0.3 is 4.74 Å². The van der Waals surface area contributed by atoms with E-state index < -0.39 is 16.0 Å². The topological polar surface area (TPSA) is 63.7 Å². The van der Waals surface area contributed by atoms with Crippen LogP contribution < -0.4 is 0 Å². The molecule has 1 fully saturated rings. The van der Waals surface area contributed by atoms with Crippen LogP contribution in [0.2, 0.25) is 0 Å². The van der Waals surface area contributed by atoms with Crippen LogP contribution in [-0.2, 0) is 19.6 Å². The van der Waals surface area contributed by atoms with Crippen LogP contribution in [0, 0.1) is 12.8 Å². The van der Waals surface area contributed by atoms with E-state index in [1.165, 1.54) is 16.9 Å². The van der Waals surface area contributed by atoms with E-state index in [2.05, 4.69) is 0 Å². The first-order chi connectivity index (χ1) is 12.4. The maximum atomic E-state index is 13.3. The third kappa shape index (κ3) is 3.80. The molecule has 5 nitrogen and oxygen atoms in total. The van der Waals surface area contributed by atoms with Crippen molar-refractivity contribution in [1.82, 2.24) is 4.31 Å². The molecule has 1 saturated carbocycles. The first-order valence-corrected chi connectivity index (χ1v) is 10.9. The molecule has 26 heavy (non-hydrogen) atoms. The highest BCUT2D eigenvalue weighted by Crippen LogP contribution is 2.39. The summed E-state index contributed by atoms with van der Waals surface area (Å²) in [4.78, 5) is 12.5. The first-order valence-electron chi connectivity index (χ1n) is 9.41. The summed E-state index contributed by atoms with van der Waals surface area (Å²) in [5.74, 6) is -0.123. The number of sulfonamides is 1. The van der Waals surface area contributed by atoms with E-state index >= 15 is 0 Å². The Morgan fingerprint density at radius 1 is 1.15 bits per heavy atom. The Bertz CT molecular complexity index is 777. The predicted molar refractivity (Wildman–Crippen MR) is 99.9 cm³/mol. The summed E-state index contributed by atoms with van der Waals surface area (Å²) in [6.45, 7) is 3.97. The van der Waals surface area contributed by atoms with Crippen molar-refractivity contribution in [3.8, 4) is 0 Å². The predicted octanol–water partition coefficient (Wildman–Crippen LogP) is 3.79. The number of rotatable bonds is 5. The van der Waals surface area contributed by atoms with Crippen molar-refractivity contribution < 1.29 is 17.9 Å². The fraction of sp³-hybridized carbons (Fsp3) is 0.550. The van der Waals surface area contributed by atoms with Crippen LogP contribution >= 0.6 is 0 Å². The number of aryl methyl sites for hydroxylation is 1. The van der Waals surface area contributed by atoms with Gasteiger partial charge in [-0.2, -0.15) is 0 Å². The highest BCUT2D eigenvalue weighted by molar-refractivity contribution is 7.89. The zero-order valence-electron chi connectivity index (χ0n) is 15.5. The van der Waals surface area contributed by atoms with Crippen molar-refractivity contribution in [3.05, 3.63) is 41.6 Å². The van der Waals surface area contributed by atoms with Gasteiger partial charge in [-0.05, 0) is 44.7 Å². The zero-order valence-corrected chi connectivity index (χ0v) is 16.3. The van der Waals surface area contributed by atoms with Crippen LogP contribution in [0.25, 0.3) is 0 Å². The Morgan fingerprint density at radius 3 is 2.42 bits per heavy atom. The van der Waals surface area contributed by atoms with E-state index in [-0.39, 0.29) is 23.5 Å². The lowest BCUT2D eigenvalue weighted by atomic mass is 9.82. The molecule has 142 valence electrons. The molecule has 0 amide bonds. The molecule has 1 unspecified atom stereocenters. The smallest absolute Gasteiger partial charge is 0.335 e. The number of benzene rings is 1. The van der Waals surface area contributed by atoms with Gasteiger partial charge in [0, 0.05) is 12.6 Å². The van der Waals surface area contributed by atoms with Gasteiger partial charge in [0.05, 0.1) is 23.1 Å². The molecule has 0 radical (unpaired) electrons. The molecule has 1 aliphatic heterocycles. The average molecular weight is 378 g/mol. The van der Waals surface area contributed by atoms with Gasteiger partial charge in [-0.1, -0.05) is 37.0 Å². The number of hydrogen-bond acceptors (Lipinski definition) is 4. The van der Waals surface area contributed by atoms with Crippen LogP contribution in [0.4, 0.5) is 0 Å². The van der Waals surface area contributed by atoms with Crippen LogP contribution in [0.3, 0.4) is 0 Å². The average Bonchev–Trinajstić information content (AvgIpc) is 3.09. The van der Waals surface area contributed by atoms with E-state index in [0.29, 0.717) is 12.0 Å². The second-order valence-electron chi connectivity index (χ2n) is 7.19. The zero-order chi connectivity index (χ0) is 18.7. The summed E-state index contributed by atoms with van der Waals surface area (Å²) >= 11 is 0. The molecule has 1 aromatic carbocycles. The van der Waals surface area contributed by atoms with Crippen molar-refractivity contribution in [1.29, 1.82) is 0 Å². The monoisotopic (exact) mass is 377 g/mol. The van der Waals surface area contributed by atoms with Crippen molar-refractivity contribution in [2.24, 2.45) is 5.92 Å². The van der Waals surface area contributed by atoms with Gasteiger partial charge in [0.2, 0.25) is 0 Å². The minimum atomic E-state index is -3.69. The molecule has 6 heteroatoms. The Morgan fingerprint density at radius 2 is 1.81 bits per heavy atom. The SMILES string of the molecule is CCOC(=O)C1=CN(S(=O)(=O)c2ccc(C)cc2)C(C2CCCCC2)C1. The van der Waals surface area contributed by atoms with Crippen LogP contribution in [-0.4, -0.2) is 31.3 Å². The molecule has 1 heterocycles. The summed E-state index contributed by atoms with van der Waals surface area (Å²) in [5.41, 5.74) is 1.47. The lowest BCUT2D eigenvalue weighted by molar-refractivity contribution is -0.138. The number of nitrogens with zero attached hydrogens (tertiary/aromatic N) is 1. The third-order valence-corrected chi connectivity index (χ3v) is 7.17. The minimum absolute atomic E-state index is 0.194. The third-order valence-electron chi connectivity index (χ3n) is 5.37. The molecular weight excluding hydrogens is 350 g/mol. The molecular formula is C20H27NO4S. The van der Waals surface area contributed by atoms with Crippen molar-refractivity contribution in [2.75, 3.05) is 6.61 Å². The van der Waals surface area contributed by atoms with E-state index in [0.717, 1.165) is 31.2 Å². The van der Waals surface area contributed by atoms with E-state index in [1.807, 2.05) is 6.92 Å². The fourth-order valence-electron chi connectivity index (χ4n) is 3.95. The van der Waals surface area contributed by atoms with Gasteiger partial charge in [0.1, 0.15) is 0 Å². The maximum absolute atomic E-state index is 13.3. The second-order valence-corrected chi connectivity index (χ2v) is 9.04. The van der Waals surface area contributed by atoms with Crippen LogP contribution in [0.15, 0.2) is 40.9 Å². The summed E-state index contributed by atoms with van der Waals surface area (Å²) in [7, 11) is -3.69. The van der Waals surface area contributed by atoms with Gasteiger partial charge in [0.25, 0.3) is 10.0 Å². The lowest BCUT2D eigenvalue weighted by Gasteiger charge is -2.34. The Balaban J connectivity index is 1.94. The van der Waals surface area contributed by atoms with Gasteiger partial charge in [-0.3, -0.25) is 4.31 Å². The highest BCUT2D eigenvalue weighted by atomic mass is 32.2. The largest absolute Gasteiger partial charge is 0.463 e. The summed E-state index contributed by atoms with van der Waals surface area (Å²) in [6, 6.07) is 6.68. The Kier molecular flexibility index (Phi) is 5.70. The maximum Gasteiger partial charge on any atom is 0.335 e. The van der Waals surface area contributed by atoms with Gasteiger partial charge in [-0.25, -0.2) is 13.2 Å². The standard InChI is InChI=1S/C20H27NO4S/c1-3-25-20(22)17-13-19(16-7-5-4-6-8-16)21(14-17)26(23,24)18-11-9-15(2)10-12-18/h9-12,14,16,19H,3-8,13H2,1-2H3. The van der Waals surface area contributed by atoms with Crippen molar-refractivity contribution in [2.45, 2.75) is 63.3 Å². The molecule has 1 aliphatic carbocycles. The van der Waals surface area contributed by atoms with E-state index in [4.69, 9.17) is 4.74 Å². The number of hydrogen-bond donors (Lipinski definition) is 0. The highest BCUT2D eigenvalue weighted by Gasteiger charge is 2.41. The molecule has 0 N–H and O–H groups in total. The number of esters is 1. The van der Waals surface area contributed by atoms with Crippen LogP contribution in [0.5, 0.6) is 0 Å². The van der Waals surface area contributed by atoms with Gasteiger partial charge >= 0.3 is 5.97 Å².